The van der Waals surface area contributed by atoms with Gasteiger partial charge in [-0.1, -0.05) is 176 Å². The molecule has 0 unspecified atom stereocenters. The zero-order valence-corrected chi connectivity index (χ0v) is 35.3. The van der Waals surface area contributed by atoms with Crippen LogP contribution in [0.15, 0.2) is 218 Å². The number of fused-ring (bicyclic) bond motifs is 9. The van der Waals surface area contributed by atoms with Crippen molar-refractivity contribution in [2.75, 3.05) is 0 Å². The molecule has 4 nitrogen and oxygen atoms in total. The first kappa shape index (κ1) is 36.4. The highest BCUT2D eigenvalue weighted by atomic mass is 32.1. The molecule has 64 heavy (non-hydrogen) atoms. The largest absolute Gasteiger partial charge is 0.308 e. The van der Waals surface area contributed by atoms with Gasteiger partial charge in [-0.3, -0.25) is 0 Å². The Morgan fingerprint density at radius 2 is 0.844 bits per heavy atom. The molecule has 0 N–H and O–H groups in total. The smallest absolute Gasteiger partial charge is 0.164 e. The molecule has 0 aliphatic carbocycles. The fourth-order valence-corrected chi connectivity index (χ4v) is 10.8. The molecular formula is C59H36N4S. The van der Waals surface area contributed by atoms with Gasteiger partial charge in [0.05, 0.1) is 16.7 Å². The summed E-state index contributed by atoms with van der Waals surface area (Å²) in [6.45, 7) is 0. The lowest BCUT2D eigenvalue weighted by molar-refractivity contribution is 1.07. The van der Waals surface area contributed by atoms with Crippen molar-refractivity contribution < 1.29 is 0 Å². The summed E-state index contributed by atoms with van der Waals surface area (Å²) in [6.07, 6.45) is 0. The van der Waals surface area contributed by atoms with Crippen LogP contribution in [-0.4, -0.2) is 19.5 Å². The fraction of sp³-hybridized carbons (Fsp3) is 0. The monoisotopic (exact) mass is 832 g/mol. The number of hydrogen-bond donors (Lipinski definition) is 0. The fourth-order valence-electron chi connectivity index (χ4n) is 9.61. The van der Waals surface area contributed by atoms with Gasteiger partial charge in [0.1, 0.15) is 0 Å². The first-order valence-corrected chi connectivity index (χ1v) is 22.4. The van der Waals surface area contributed by atoms with Crippen molar-refractivity contribution in [3.05, 3.63) is 218 Å². The van der Waals surface area contributed by atoms with Crippen LogP contribution in [0.25, 0.3) is 126 Å². The van der Waals surface area contributed by atoms with E-state index in [1.807, 2.05) is 18.2 Å². The van der Waals surface area contributed by atoms with Crippen molar-refractivity contribution in [3.8, 4) is 62.1 Å². The molecule has 0 saturated carbocycles. The third-order valence-corrected chi connectivity index (χ3v) is 13.7. The predicted octanol–water partition coefficient (Wildman–Crippen LogP) is 16.0. The Labute approximate surface area is 373 Å². The molecule has 10 aromatic carbocycles. The average Bonchev–Trinajstić information content (AvgIpc) is 3.90. The number of hydrogen-bond acceptors (Lipinski definition) is 4. The van der Waals surface area contributed by atoms with Crippen molar-refractivity contribution in [2.45, 2.75) is 0 Å². The molecule has 0 radical (unpaired) electrons. The Balaban J connectivity index is 1.13. The first-order valence-electron chi connectivity index (χ1n) is 21.6. The number of thiophene rings is 1. The Hall–Kier alpha value is -8.25. The second kappa shape index (κ2) is 14.7. The van der Waals surface area contributed by atoms with Gasteiger partial charge >= 0.3 is 0 Å². The summed E-state index contributed by atoms with van der Waals surface area (Å²) in [6, 6.07) is 78.3. The maximum absolute atomic E-state index is 5.37. The molecule has 13 rings (SSSR count). The minimum Gasteiger partial charge on any atom is -0.308 e. The molecule has 0 aliphatic heterocycles. The van der Waals surface area contributed by atoms with Gasteiger partial charge in [0, 0.05) is 58.8 Å². The molecule has 0 amide bonds. The summed E-state index contributed by atoms with van der Waals surface area (Å²) in [5.74, 6) is 1.88. The second-order valence-electron chi connectivity index (χ2n) is 16.4. The molecule has 0 saturated heterocycles. The summed E-state index contributed by atoms with van der Waals surface area (Å²) in [5.41, 5.74) is 10.5. The highest BCUT2D eigenvalue weighted by Crippen LogP contribution is 2.46. The highest BCUT2D eigenvalue weighted by Gasteiger charge is 2.24. The van der Waals surface area contributed by atoms with Crippen molar-refractivity contribution in [1.29, 1.82) is 0 Å². The van der Waals surface area contributed by atoms with Crippen LogP contribution >= 0.6 is 11.3 Å². The standard InChI is InChI=1S/C59H36N4S/c1-4-16-37(17-5-1)48-33-44(59-61-57(40-21-8-3-9-22-40)60-58(62-59)43-28-30-47-46-26-14-15-27-53(46)64-54(47)36-43)34-49(38-18-6-2-7-19-38)56(48)63-51-31-29-39-20-12-13-25-45(39)55(51)50-32-41-23-10-11-24-42(41)35-52(50)63/h1-36H. The van der Waals surface area contributed by atoms with E-state index in [1.165, 1.54) is 52.5 Å². The molecule has 0 fully saturated rings. The summed E-state index contributed by atoms with van der Waals surface area (Å²) < 4.78 is 4.98. The van der Waals surface area contributed by atoms with Crippen molar-refractivity contribution in [1.82, 2.24) is 19.5 Å². The van der Waals surface area contributed by atoms with Gasteiger partial charge in [-0.2, -0.15) is 0 Å². The van der Waals surface area contributed by atoms with E-state index in [2.05, 4.69) is 205 Å². The lowest BCUT2D eigenvalue weighted by Gasteiger charge is -2.21. The van der Waals surface area contributed by atoms with Crippen LogP contribution in [0.1, 0.15) is 0 Å². The van der Waals surface area contributed by atoms with Crippen molar-refractivity contribution >= 4 is 74.9 Å². The van der Waals surface area contributed by atoms with Gasteiger partial charge in [0.25, 0.3) is 0 Å². The van der Waals surface area contributed by atoms with E-state index in [9.17, 15) is 0 Å². The predicted molar refractivity (Wildman–Crippen MR) is 269 cm³/mol. The molecule has 3 heterocycles. The lowest BCUT2D eigenvalue weighted by atomic mass is 9.92. The zero-order valence-electron chi connectivity index (χ0n) is 34.5. The van der Waals surface area contributed by atoms with Gasteiger partial charge in [0.2, 0.25) is 0 Å². The van der Waals surface area contributed by atoms with Crippen LogP contribution in [0, 0.1) is 0 Å². The van der Waals surface area contributed by atoms with Gasteiger partial charge in [-0.25, -0.2) is 15.0 Å². The summed E-state index contributed by atoms with van der Waals surface area (Å²) in [4.78, 5) is 15.8. The zero-order chi connectivity index (χ0) is 42.1. The van der Waals surface area contributed by atoms with E-state index >= 15 is 0 Å². The Morgan fingerprint density at radius 3 is 1.53 bits per heavy atom. The van der Waals surface area contributed by atoms with E-state index in [0.717, 1.165) is 55.7 Å². The molecule has 0 atom stereocenters. The summed E-state index contributed by atoms with van der Waals surface area (Å²) in [7, 11) is 0. The minimum absolute atomic E-state index is 0.611. The van der Waals surface area contributed by atoms with Crippen LogP contribution < -0.4 is 0 Å². The van der Waals surface area contributed by atoms with Crippen molar-refractivity contribution in [2.24, 2.45) is 0 Å². The van der Waals surface area contributed by atoms with E-state index < -0.39 is 0 Å². The molecule has 0 spiro atoms. The Kier molecular flexibility index (Phi) is 8.36. The molecule has 0 aliphatic rings. The van der Waals surface area contributed by atoms with E-state index in [1.54, 1.807) is 11.3 Å². The average molecular weight is 833 g/mol. The minimum atomic E-state index is 0.611. The van der Waals surface area contributed by atoms with E-state index in [0.29, 0.717) is 17.5 Å². The number of nitrogens with zero attached hydrogens (tertiary/aromatic N) is 4. The molecule has 298 valence electrons. The number of aromatic nitrogens is 4. The molecule has 0 bridgehead atoms. The van der Waals surface area contributed by atoms with Crippen LogP contribution in [-0.2, 0) is 0 Å². The van der Waals surface area contributed by atoms with Gasteiger partial charge in [-0.15, -0.1) is 11.3 Å². The van der Waals surface area contributed by atoms with Gasteiger partial charge in [-0.05, 0) is 75.1 Å². The van der Waals surface area contributed by atoms with Gasteiger partial charge < -0.3 is 4.57 Å². The second-order valence-corrected chi connectivity index (χ2v) is 17.4. The van der Waals surface area contributed by atoms with E-state index in [4.69, 9.17) is 15.0 Å². The maximum Gasteiger partial charge on any atom is 0.164 e. The van der Waals surface area contributed by atoms with Crippen molar-refractivity contribution in [3.63, 3.8) is 0 Å². The van der Waals surface area contributed by atoms with Crippen LogP contribution in [0.3, 0.4) is 0 Å². The lowest BCUT2D eigenvalue weighted by Crippen LogP contribution is -2.04. The third kappa shape index (κ3) is 5.93. The molecule has 13 aromatic rings. The Bertz CT molecular complexity index is 3890. The Morgan fingerprint density at radius 1 is 0.312 bits per heavy atom. The van der Waals surface area contributed by atoms with Gasteiger partial charge in [0.15, 0.2) is 17.5 Å². The van der Waals surface area contributed by atoms with Crippen LogP contribution in [0.2, 0.25) is 0 Å². The third-order valence-electron chi connectivity index (χ3n) is 12.6. The SMILES string of the molecule is c1ccc(-c2nc(-c3cc(-c4ccccc4)c(-n4c5cc6ccccc6cc5c5c6ccccc6ccc54)c(-c4ccccc4)c3)nc(-c3ccc4c(c3)sc3ccccc34)n2)cc1. The highest BCUT2D eigenvalue weighted by molar-refractivity contribution is 7.25. The first-order chi connectivity index (χ1) is 31.7. The molecule has 5 heteroatoms. The number of rotatable bonds is 6. The van der Waals surface area contributed by atoms with E-state index in [-0.39, 0.29) is 0 Å². The topological polar surface area (TPSA) is 43.6 Å². The maximum atomic E-state index is 5.37. The number of benzene rings is 10. The van der Waals surface area contributed by atoms with Crippen LogP contribution in [0.5, 0.6) is 0 Å². The normalized spacial score (nSPS) is 11.8. The van der Waals surface area contributed by atoms with Crippen LogP contribution in [0.4, 0.5) is 0 Å². The quantitative estimate of drug-likeness (QED) is 0.168. The molecular weight excluding hydrogens is 797 g/mol. The summed E-state index contributed by atoms with van der Waals surface area (Å²) in [5, 5.41) is 9.83. The molecule has 3 aromatic heterocycles. The summed E-state index contributed by atoms with van der Waals surface area (Å²) >= 11 is 1.80.